The Balaban J connectivity index is 1.47. The number of fused-ring (bicyclic) bond motifs is 1. The van der Waals surface area contributed by atoms with Crippen molar-refractivity contribution in [2.24, 2.45) is 7.05 Å². The van der Waals surface area contributed by atoms with E-state index in [0.29, 0.717) is 36.9 Å². The third-order valence-corrected chi connectivity index (χ3v) is 5.71. The summed E-state index contributed by atoms with van der Waals surface area (Å²) in [4.78, 5) is 2.13. The van der Waals surface area contributed by atoms with Gasteiger partial charge in [-0.2, -0.15) is 5.10 Å². The fourth-order valence-electron chi connectivity index (χ4n) is 3.70. The second-order valence-electron chi connectivity index (χ2n) is 7.64. The van der Waals surface area contributed by atoms with Gasteiger partial charge in [-0.3, -0.25) is 4.90 Å². The van der Waals surface area contributed by atoms with Crippen LogP contribution in [0.2, 0.25) is 0 Å². The van der Waals surface area contributed by atoms with Gasteiger partial charge in [0, 0.05) is 13.6 Å². The summed E-state index contributed by atoms with van der Waals surface area (Å²) in [6.45, 7) is 4.17. The van der Waals surface area contributed by atoms with Crippen LogP contribution in [0.15, 0.2) is 42.5 Å². The van der Waals surface area contributed by atoms with Gasteiger partial charge in [-0.15, -0.1) is 0 Å². The smallest absolute Gasteiger partial charge is 0.198 e. The van der Waals surface area contributed by atoms with Crippen molar-refractivity contribution in [2.45, 2.75) is 26.2 Å². The molecule has 3 aromatic rings. The van der Waals surface area contributed by atoms with Gasteiger partial charge in [0.25, 0.3) is 0 Å². The Hall–Kier alpha value is -3.04. The van der Waals surface area contributed by atoms with Gasteiger partial charge in [0.15, 0.2) is 39.7 Å². The van der Waals surface area contributed by atoms with Gasteiger partial charge in [-0.05, 0) is 56.0 Å². The van der Waals surface area contributed by atoms with Crippen LogP contribution in [0, 0.1) is 4.77 Å². The Labute approximate surface area is 192 Å². The molecule has 0 N–H and O–H groups in total. The molecule has 8 nitrogen and oxygen atoms in total. The Morgan fingerprint density at radius 2 is 1.97 bits per heavy atom. The Morgan fingerprint density at radius 3 is 2.72 bits per heavy atom. The zero-order valence-corrected chi connectivity index (χ0v) is 19.6. The first-order valence-electron chi connectivity index (χ1n) is 10.5. The molecule has 9 heteroatoms. The second-order valence-corrected chi connectivity index (χ2v) is 8.00. The summed E-state index contributed by atoms with van der Waals surface area (Å²) in [6, 6.07) is 13.6. The SMILES string of the molecule is CCOc1ccc(CN(C)Cn2nc(C3COc4ccccc4O3)n(C)c2=S)cc1OC. The fraction of sp³-hybridized carbons (Fsp3) is 0.391. The van der Waals surface area contributed by atoms with Crippen molar-refractivity contribution in [2.75, 3.05) is 27.4 Å². The van der Waals surface area contributed by atoms with Crippen LogP contribution in [-0.2, 0) is 20.3 Å². The van der Waals surface area contributed by atoms with Crippen molar-refractivity contribution < 1.29 is 18.9 Å². The largest absolute Gasteiger partial charge is 0.493 e. The first kappa shape index (κ1) is 22.2. The average molecular weight is 457 g/mol. The molecular weight excluding hydrogens is 428 g/mol. The molecule has 1 aliphatic rings. The van der Waals surface area contributed by atoms with Crippen LogP contribution < -0.4 is 18.9 Å². The molecular formula is C23H28N4O4S. The summed E-state index contributed by atoms with van der Waals surface area (Å²) >= 11 is 5.63. The van der Waals surface area contributed by atoms with Crippen molar-refractivity contribution in [1.29, 1.82) is 0 Å². The number of para-hydroxylation sites is 2. The van der Waals surface area contributed by atoms with Crippen LogP contribution >= 0.6 is 12.2 Å². The van der Waals surface area contributed by atoms with Crippen molar-refractivity contribution in [3.05, 3.63) is 58.6 Å². The minimum atomic E-state index is -0.321. The standard InChI is InChI=1S/C23H28N4O4S/c1-5-29-18-11-10-16(12-20(18)28-4)13-25(2)15-27-23(32)26(3)22(24-27)21-14-30-17-8-6-7-9-19(17)31-21/h6-12,21H,5,13-15H2,1-4H3. The molecule has 2 heterocycles. The highest BCUT2D eigenvalue weighted by atomic mass is 32.1. The van der Waals surface area contributed by atoms with E-state index in [9.17, 15) is 0 Å². The lowest BCUT2D eigenvalue weighted by Crippen LogP contribution is -2.25. The lowest BCUT2D eigenvalue weighted by atomic mass is 10.2. The van der Waals surface area contributed by atoms with Crippen molar-refractivity contribution in [3.63, 3.8) is 0 Å². The molecule has 32 heavy (non-hydrogen) atoms. The molecule has 0 spiro atoms. The molecule has 2 aromatic carbocycles. The van der Waals surface area contributed by atoms with E-state index in [2.05, 4.69) is 4.90 Å². The molecule has 4 rings (SSSR count). The highest BCUT2D eigenvalue weighted by Crippen LogP contribution is 2.35. The van der Waals surface area contributed by atoms with Crippen molar-refractivity contribution >= 4 is 12.2 Å². The Morgan fingerprint density at radius 1 is 1.19 bits per heavy atom. The number of aromatic nitrogens is 3. The van der Waals surface area contributed by atoms with E-state index in [-0.39, 0.29) is 6.10 Å². The van der Waals surface area contributed by atoms with E-state index in [1.54, 1.807) is 11.8 Å². The monoisotopic (exact) mass is 456 g/mol. The summed E-state index contributed by atoms with van der Waals surface area (Å²) in [7, 11) is 5.58. The number of nitrogens with zero attached hydrogens (tertiary/aromatic N) is 4. The molecule has 1 unspecified atom stereocenters. The van der Waals surface area contributed by atoms with E-state index >= 15 is 0 Å². The van der Waals surface area contributed by atoms with Crippen LogP contribution in [-0.4, -0.2) is 46.6 Å². The normalized spacial score (nSPS) is 15.1. The van der Waals surface area contributed by atoms with Gasteiger partial charge >= 0.3 is 0 Å². The first-order valence-corrected chi connectivity index (χ1v) is 10.9. The van der Waals surface area contributed by atoms with Crippen LogP contribution in [0.3, 0.4) is 0 Å². The fourth-order valence-corrected chi connectivity index (χ4v) is 3.89. The van der Waals surface area contributed by atoms with Crippen LogP contribution in [0.5, 0.6) is 23.0 Å². The van der Waals surface area contributed by atoms with Crippen molar-refractivity contribution in [3.8, 4) is 23.0 Å². The van der Waals surface area contributed by atoms with Crippen LogP contribution in [0.1, 0.15) is 24.4 Å². The van der Waals surface area contributed by atoms with E-state index in [0.717, 1.165) is 28.6 Å². The third-order valence-electron chi connectivity index (χ3n) is 5.23. The molecule has 0 saturated heterocycles. The van der Waals surface area contributed by atoms with Gasteiger partial charge in [0.2, 0.25) is 0 Å². The number of hydrogen-bond acceptors (Lipinski definition) is 7. The van der Waals surface area contributed by atoms with Gasteiger partial charge in [0.05, 0.1) is 20.4 Å². The zero-order valence-electron chi connectivity index (χ0n) is 18.8. The minimum absolute atomic E-state index is 0.321. The van der Waals surface area contributed by atoms with E-state index < -0.39 is 0 Å². The molecule has 0 amide bonds. The van der Waals surface area contributed by atoms with Gasteiger partial charge < -0.3 is 23.5 Å². The molecule has 1 aromatic heterocycles. The molecule has 0 bridgehead atoms. The van der Waals surface area contributed by atoms with E-state index in [1.165, 1.54) is 0 Å². The lowest BCUT2D eigenvalue weighted by molar-refractivity contribution is 0.0821. The number of ether oxygens (including phenoxy) is 4. The number of benzene rings is 2. The topological polar surface area (TPSA) is 62.9 Å². The van der Waals surface area contributed by atoms with Crippen LogP contribution in [0.4, 0.5) is 0 Å². The predicted octanol–water partition coefficient (Wildman–Crippen LogP) is 3.96. The number of hydrogen-bond donors (Lipinski definition) is 0. The summed E-state index contributed by atoms with van der Waals surface area (Å²) < 4.78 is 27.3. The van der Waals surface area contributed by atoms with Gasteiger partial charge in [-0.25, -0.2) is 4.68 Å². The highest BCUT2D eigenvalue weighted by molar-refractivity contribution is 7.71. The van der Waals surface area contributed by atoms with Gasteiger partial charge in [-0.1, -0.05) is 18.2 Å². The maximum atomic E-state index is 6.12. The molecule has 0 fully saturated rings. The zero-order chi connectivity index (χ0) is 22.7. The molecule has 0 radical (unpaired) electrons. The average Bonchev–Trinajstić information content (AvgIpc) is 3.08. The summed E-state index contributed by atoms with van der Waals surface area (Å²) in [5, 5.41) is 4.74. The van der Waals surface area contributed by atoms with Crippen molar-refractivity contribution in [1.82, 2.24) is 19.2 Å². The maximum absolute atomic E-state index is 6.12. The molecule has 0 saturated carbocycles. The summed E-state index contributed by atoms with van der Waals surface area (Å²) in [6.07, 6.45) is -0.321. The molecule has 0 aliphatic carbocycles. The van der Waals surface area contributed by atoms with E-state index in [1.807, 2.05) is 68.1 Å². The third kappa shape index (κ3) is 4.58. The predicted molar refractivity (Wildman–Crippen MR) is 123 cm³/mol. The Bertz CT molecular complexity index is 1140. The molecule has 1 aliphatic heterocycles. The van der Waals surface area contributed by atoms with E-state index in [4.69, 9.17) is 36.3 Å². The minimum Gasteiger partial charge on any atom is -0.493 e. The molecule has 170 valence electrons. The quantitative estimate of drug-likeness (QED) is 0.476. The lowest BCUT2D eigenvalue weighted by Gasteiger charge is -2.25. The highest BCUT2D eigenvalue weighted by Gasteiger charge is 2.27. The van der Waals surface area contributed by atoms with Gasteiger partial charge in [0.1, 0.15) is 6.61 Å². The summed E-state index contributed by atoms with van der Waals surface area (Å²) in [5.41, 5.74) is 1.11. The maximum Gasteiger partial charge on any atom is 0.198 e. The molecule has 1 atom stereocenters. The van der Waals surface area contributed by atoms with Crippen LogP contribution in [0.25, 0.3) is 0 Å². The first-order chi connectivity index (χ1) is 15.5. The Kier molecular flexibility index (Phi) is 6.66. The summed E-state index contributed by atoms with van der Waals surface area (Å²) in [5.74, 6) is 3.67. The number of rotatable bonds is 8. The number of methoxy groups -OCH3 is 1. The second kappa shape index (κ2) is 9.62.